The first-order chi connectivity index (χ1) is 15.6. The van der Waals surface area contributed by atoms with Gasteiger partial charge in [-0.25, -0.2) is 18.1 Å². The van der Waals surface area contributed by atoms with E-state index in [1.807, 2.05) is 10.8 Å². The molecule has 2 heterocycles. The molecule has 3 rings (SSSR count). The third-order valence-electron chi connectivity index (χ3n) is 4.16. The second-order valence-corrected chi connectivity index (χ2v) is 9.64. The lowest BCUT2D eigenvalue weighted by atomic mass is 10.2. The van der Waals surface area contributed by atoms with Crippen molar-refractivity contribution in [3.05, 3.63) is 64.4 Å². The molecule has 0 aliphatic rings. The number of pyridine rings is 1. The maximum absolute atomic E-state index is 12.4. The second-order valence-electron chi connectivity index (χ2n) is 6.71. The Bertz CT molecular complexity index is 1290. The molecule has 2 aromatic heterocycles. The molecule has 172 valence electrons. The summed E-state index contributed by atoms with van der Waals surface area (Å²) in [7, 11) is -3.77. The third-order valence-corrected chi connectivity index (χ3v) is 5.71. The molecule has 0 unspecified atom stereocenters. The molecule has 0 aliphatic heterocycles. The van der Waals surface area contributed by atoms with Crippen molar-refractivity contribution in [2.75, 3.05) is 11.2 Å². The van der Waals surface area contributed by atoms with E-state index in [0.29, 0.717) is 27.0 Å². The zero-order valence-corrected chi connectivity index (χ0v) is 19.0. The van der Waals surface area contributed by atoms with Crippen LogP contribution in [0.25, 0.3) is 0 Å². The van der Waals surface area contributed by atoms with Gasteiger partial charge in [-0.15, -0.1) is 11.3 Å². The lowest BCUT2D eigenvalue weighted by Crippen LogP contribution is -2.30. The summed E-state index contributed by atoms with van der Waals surface area (Å²) >= 11 is 1.15. The molecule has 0 saturated carbocycles. The molecule has 0 atom stereocenters. The summed E-state index contributed by atoms with van der Waals surface area (Å²) < 4.78 is 53.8. The van der Waals surface area contributed by atoms with Gasteiger partial charge in [-0.05, 0) is 43.3 Å². The van der Waals surface area contributed by atoms with Crippen LogP contribution in [0.4, 0.5) is 19.6 Å². The van der Waals surface area contributed by atoms with Gasteiger partial charge in [0.2, 0.25) is 10.0 Å². The van der Waals surface area contributed by atoms with Crippen molar-refractivity contribution in [1.82, 2.24) is 14.7 Å². The summed E-state index contributed by atoms with van der Waals surface area (Å²) in [5, 5.41) is 9.42. The minimum absolute atomic E-state index is 0.0484. The van der Waals surface area contributed by atoms with Gasteiger partial charge in [0.1, 0.15) is 11.4 Å². The van der Waals surface area contributed by atoms with Gasteiger partial charge in [-0.2, -0.15) is 14.0 Å². The number of carbonyl (C=O) groups is 1. The van der Waals surface area contributed by atoms with Gasteiger partial charge in [-0.1, -0.05) is 0 Å². The Morgan fingerprint density at radius 2 is 1.97 bits per heavy atom. The van der Waals surface area contributed by atoms with Gasteiger partial charge < -0.3 is 9.64 Å². The Morgan fingerprint density at radius 3 is 2.52 bits per heavy atom. The quantitative estimate of drug-likeness (QED) is 0.506. The molecule has 0 bridgehead atoms. The zero-order valence-electron chi connectivity index (χ0n) is 17.3. The number of benzene rings is 1. The lowest BCUT2D eigenvalue weighted by Gasteiger charge is -2.22. The number of sulfonamides is 1. The molecule has 0 aliphatic carbocycles. The monoisotopic (exact) mass is 493 g/mol. The van der Waals surface area contributed by atoms with E-state index in [9.17, 15) is 22.0 Å². The van der Waals surface area contributed by atoms with Crippen molar-refractivity contribution in [3.8, 4) is 11.8 Å². The number of aryl methyl sites for hydroxylation is 1. The summed E-state index contributed by atoms with van der Waals surface area (Å²) in [6.45, 7) is -1.20. The number of anilines is 2. The highest BCUT2D eigenvalue weighted by atomic mass is 32.2. The van der Waals surface area contributed by atoms with E-state index in [0.717, 1.165) is 23.8 Å². The highest BCUT2D eigenvalue weighted by Gasteiger charge is 2.22. The number of alkyl halides is 2. The van der Waals surface area contributed by atoms with Crippen LogP contribution in [-0.4, -0.2) is 37.2 Å². The number of carbonyl (C=O) groups excluding carboxylic acids is 1. The smallest absolute Gasteiger partial charge is 0.387 e. The van der Waals surface area contributed by atoms with E-state index >= 15 is 0 Å². The molecule has 0 saturated heterocycles. The van der Waals surface area contributed by atoms with Gasteiger partial charge in [-0.3, -0.25) is 9.78 Å². The average Bonchev–Trinajstić information content (AvgIpc) is 3.13. The van der Waals surface area contributed by atoms with E-state index in [2.05, 4.69) is 14.7 Å². The molecule has 1 amide bonds. The molecular formula is C20H17F2N5O4S2. The fourth-order valence-electron chi connectivity index (χ4n) is 2.75. The van der Waals surface area contributed by atoms with Crippen LogP contribution in [0.1, 0.15) is 26.6 Å². The number of hydrogen-bond donors (Lipinski definition) is 1. The normalized spacial score (nSPS) is 11.2. The van der Waals surface area contributed by atoms with Crippen LogP contribution < -0.4 is 14.4 Å². The number of nitrogens with one attached hydrogen (secondary N) is 1. The molecule has 0 radical (unpaired) electrons. The Balaban J connectivity index is 1.96. The number of ether oxygens (including phenoxy) is 1. The van der Waals surface area contributed by atoms with Crippen molar-refractivity contribution in [2.45, 2.75) is 20.1 Å². The highest BCUT2D eigenvalue weighted by molar-refractivity contribution is 7.89. The molecule has 33 heavy (non-hydrogen) atoms. The van der Waals surface area contributed by atoms with Crippen LogP contribution in [-0.2, 0) is 16.6 Å². The van der Waals surface area contributed by atoms with E-state index in [1.54, 1.807) is 36.1 Å². The van der Waals surface area contributed by atoms with Gasteiger partial charge in [0.15, 0.2) is 5.13 Å². The van der Waals surface area contributed by atoms with Crippen LogP contribution >= 0.6 is 11.3 Å². The molecular weight excluding hydrogens is 476 g/mol. The predicted octanol–water partition coefficient (Wildman–Crippen LogP) is 3.35. The summed E-state index contributed by atoms with van der Waals surface area (Å²) in [6.07, 6.45) is 2.03. The third kappa shape index (κ3) is 6.43. The minimum atomic E-state index is -3.77. The van der Waals surface area contributed by atoms with Gasteiger partial charge in [0.25, 0.3) is 5.91 Å². The fourth-order valence-corrected chi connectivity index (χ4v) is 4.11. The number of halogens is 2. The average molecular weight is 494 g/mol. The number of nitriles is 1. The number of thiazole rings is 1. The van der Waals surface area contributed by atoms with Crippen LogP contribution in [0, 0.1) is 18.3 Å². The second kappa shape index (κ2) is 9.88. The summed E-state index contributed by atoms with van der Waals surface area (Å²) in [6, 6.07) is 11.5. The Hall–Kier alpha value is -3.63. The molecule has 0 spiro atoms. The van der Waals surface area contributed by atoms with Crippen molar-refractivity contribution in [1.29, 1.82) is 5.26 Å². The first-order valence-corrected chi connectivity index (χ1v) is 11.9. The number of hydrogen-bond acceptors (Lipinski definition) is 9. The van der Waals surface area contributed by atoms with Gasteiger partial charge in [0, 0.05) is 10.6 Å². The first-order valence-electron chi connectivity index (χ1n) is 9.22. The van der Waals surface area contributed by atoms with Crippen molar-refractivity contribution in [3.63, 3.8) is 0 Å². The predicted molar refractivity (Wildman–Crippen MR) is 117 cm³/mol. The lowest BCUT2D eigenvalue weighted by molar-refractivity contribution is -0.0501. The van der Waals surface area contributed by atoms with Gasteiger partial charge >= 0.3 is 6.61 Å². The van der Waals surface area contributed by atoms with Crippen LogP contribution in [0.15, 0.2) is 42.6 Å². The fraction of sp³-hybridized carbons (Fsp3) is 0.200. The highest BCUT2D eigenvalue weighted by Crippen LogP contribution is 2.33. The molecule has 1 N–H and O–H groups in total. The molecule has 3 aromatic rings. The molecule has 0 fully saturated rings. The number of amides is 1. The Morgan fingerprint density at radius 1 is 1.27 bits per heavy atom. The summed E-state index contributed by atoms with van der Waals surface area (Å²) in [5.74, 6) is -0.951. The topological polar surface area (TPSA) is 125 Å². The van der Waals surface area contributed by atoms with Crippen LogP contribution in [0.2, 0.25) is 0 Å². The number of nitrogens with zero attached hydrogens (tertiary/aromatic N) is 4. The van der Waals surface area contributed by atoms with Gasteiger partial charge in [0.05, 0.1) is 36.3 Å². The maximum atomic E-state index is 12.4. The summed E-state index contributed by atoms with van der Waals surface area (Å²) in [5.41, 5.74) is 1.49. The standard InChI is InChI=1S/C20H17F2N5O4S2/c1-12-17(18(28)26-33(2,29)30)25-20(32-12)27(15-6-3-13(9-23)4-7-15)11-14-5-8-16(10-24-14)31-19(21)22/h3-8,10,19H,11H2,1-2H3,(H,26,28). The van der Waals surface area contributed by atoms with Crippen LogP contribution in [0.5, 0.6) is 5.75 Å². The van der Waals surface area contributed by atoms with Crippen LogP contribution in [0.3, 0.4) is 0 Å². The first kappa shape index (κ1) is 24.0. The maximum Gasteiger partial charge on any atom is 0.387 e. The number of aromatic nitrogens is 2. The van der Waals surface area contributed by atoms with E-state index in [-0.39, 0.29) is 18.0 Å². The van der Waals surface area contributed by atoms with Crippen molar-refractivity contribution in [2.24, 2.45) is 0 Å². The molecule has 1 aromatic carbocycles. The zero-order chi connectivity index (χ0) is 24.2. The van der Waals surface area contributed by atoms with E-state index < -0.39 is 22.5 Å². The van der Waals surface area contributed by atoms with Crippen molar-refractivity contribution < 1.29 is 26.7 Å². The molecule has 9 nitrogen and oxygen atoms in total. The largest absolute Gasteiger partial charge is 0.433 e. The van der Waals surface area contributed by atoms with E-state index in [1.165, 1.54) is 12.1 Å². The van der Waals surface area contributed by atoms with Crippen molar-refractivity contribution >= 4 is 38.1 Å². The summed E-state index contributed by atoms with van der Waals surface area (Å²) in [4.78, 5) is 23.0. The Kier molecular flexibility index (Phi) is 7.19. The minimum Gasteiger partial charge on any atom is -0.433 e. The Labute approximate surface area is 192 Å². The SMILES string of the molecule is Cc1sc(N(Cc2ccc(OC(F)F)cn2)c2ccc(C#N)cc2)nc1C(=O)NS(C)(=O)=O. The van der Waals surface area contributed by atoms with E-state index in [4.69, 9.17) is 5.26 Å². The number of rotatable bonds is 8. The molecule has 13 heteroatoms.